The number of aliphatic hydroxyl groups excluding tert-OH is 1. The number of halogens is 2. The van der Waals surface area contributed by atoms with Crippen molar-refractivity contribution in [2.75, 3.05) is 6.54 Å². The molecule has 0 aliphatic carbocycles. The first kappa shape index (κ1) is 11.6. The van der Waals surface area contributed by atoms with E-state index >= 15 is 0 Å². The minimum atomic E-state index is -1.07. The zero-order valence-electron chi connectivity index (χ0n) is 6.98. The van der Waals surface area contributed by atoms with Crippen molar-refractivity contribution in [2.45, 2.75) is 6.10 Å². The molecule has 0 spiro atoms. The van der Waals surface area contributed by atoms with E-state index in [1.165, 1.54) is 0 Å². The van der Waals surface area contributed by atoms with Gasteiger partial charge in [0.25, 0.3) is 0 Å². The van der Waals surface area contributed by atoms with Gasteiger partial charge in [-0.25, -0.2) is 0 Å². The molecule has 14 heavy (non-hydrogen) atoms. The van der Waals surface area contributed by atoms with Crippen LogP contribution in [0.3, 0.4) is 0 Å². The van der Waals surface area contributed by atoms with Gasteiger partial charge in [-0.15, -0.1) is 0 Å². The molecule has 0 saturated carbocycles. The van der Waals surface area contributed by atoms with Crippen LogP contribution < -0.4 is 0 Å². The highest BCUT2D eigenvalue weighted by atomic mass is 79.9. The standard InChI is InChI=1S/C8H7Br2NO3/c9-6-1-5(2-7(10)3-6)8(12)4-11(13)14/h1-3,8,12H,4H2. The molecule has 1 aromatic rings. The van der Waals surface area contributed by atoms with Crippen LogP contribution in [0.4, 0.5) is 0 Å². The first-order chi connectivity index (χ1) is 6.49. The van der Waals surface area contributed by atoms with Crippen LogP contribution in [0.1, 0.15) is 11.7 Å². The summed E-state index contributed by atoms with van der Waals surface area (Å²) in [6.45, 7) is -0.483. The van der Waals surface area contributed by atoms with Gasteiger partial charge in [-0.3, -0.25) is 10.1 Å². The van der Waals surface area contributed by atoms with Gasteiger partial charge in [0.2, 0.25) is 6.54 Å². The molecule has 1 atom stereocenters. The maximum absolute atomic E-state index is 10.2. The average molecular weight is 325 g/mol. The molecular weight excluding hydrogens is 318 g/mol. The first-order valence-electron chi connectivity index (χ1n) is 3.75. The Kier molecular flexibility index (Phi) is 4.03. The number of nitrogens with zero attached hydrogens (tertiary/aromatic N) is 1. The number of nitro groups is 1. The molecule has 0 aliphatic heterocycles. The van der Waals surface area contributed by atoms with E-state index in [-0.39, 0.29) is 0 Å². The molecule has 0 radical (unpaired) electrons. The Bertz CT molecular complexity index is 336. The van der Waals surface area contributed by atoms with Gasteiger partial charge in [-0.2, -0.15) is 0 Å². The van der Waals surface area contributed by atoms with Crippen molar-refractivity contribution in [3.05, 3.63) is 42.8 Å². The lowest BCUT2D eigenvalue weighted by Gasteiger charge is -2.07. The fourth-order valence-electron chi connectivity index (χ4n) is 1.01. The van der Waals surface area contributed by atoms with Crippen molar-refractivity contribution in [3.63, 3.8) is 0 Å². The minimum Gasteiger partial charge on any atom is -0.382 e. The summed E-state index contributed by atoms with van der Waals surface area (Å²) in [5, 5.41) is 19.6. The summed E-state index contributed by atoms with van der Waals surface area (Å²) in [4.78, 5) is 9.63. The molecule has 0 amide bonds. The SMILES string of the molecule is O=[N+]([O-])CC(O)c1cc(Br)cc(Br)c1. The van der Waals surface area contributed by atoms with Crippen LogP contribution >= 0.6 is 31.9 Å². The molecule has 76 valence electrons. The smallest absolute Gasteiger partial charge is 0.233 e. The molecule has 4 nitrogen and oxygen atoms in total. The fourth-order valence-corrected chi connectivity index (χ4v) is 2.34. The van der Waals surface area contributed by atoms with E-state index in [2.05, 4.69) is 31.9 Å². The van der Waals surface area contributed by atoms with Crippen LogP contribution in [0.2, 0.25) is 0 Å². The van der Waals surface area contributed by atoms with Crippen molar-refractivity contribution >= 4 is 31.9 Å². The topological polar surface area (TPSA) is 63.4 Å². The lowest BCUT2D eigenvalue weighted by Crippen LogP contribution is -2.11. The van der Waals surface area contributed by atoms with E-state index in [0.29, 0.717) is 5.56 Å². The van der Waals surface area contributed by atoms with Gasteiger partial charge in [0.15, 0.2) is 0 Å². The molecule has 0 aliphatic rings. The normalized spacial score (nSPS) is 12.5. The van der Waals surface area contributed by atoms with E-state index in [1.54, 1.807) is 18.2 Å². The lowest BCUT2D eigenvalue weighted by atomic mass is 10.1. The lowest BCUT2D eigenvalue weighted by molar-refractivity contribution is -0.491. The fraction of sp³-hybridized carbons (Fsp3) is 0.250. The maximum atomic E-state index is 10.2. The second kappa shape index (κ2) is 4.86. The van der Waals surface area contributed by atoms with Gasteiger partial charge in [-0.1, -0.05) is 31.9 Å². The quantitative estimate of drug-likeness (QED) is 0.686. The van der Waals surface area contributed by atoms with E-state index < -0.39 is 17.6 Å². The predicted octanol–water partition coefficient (Wildman–Crippen LogP) is 2.52. The van der Waals surface area contributed by atoms with Crippen molar-refractivity contribution in [1.82, 2.24) is 0 Å². The van der Waals surface area contributed by atoms with E-state index in [0.717, 1.165) is 8.95 Å². The third-order valence-corrected chi connectivity index (χ3v) is 2.51. The van der Waals surface area contributed by atoms with Gasteiger partial charge in [-0.05, 0) is 23.8 Å². The number of rotatable bonds is 3. The van der Waals surface area contributed by atoms with Crippen LogP contribution in [-0.2, 0) is 0 Å². The monoisotopic (exact) mass is 323 g/mol. The summed E-state index contributed by atoms with van der Waals surface area (Å²) in [6.07, 6.45) is -1.07. The summed E-state index contributed by atoms with van der Waals surface area (Å²) in [5.41, 5.74) is 0.517. The second-order valence-corrected chi connectivity index (χ2v) is 4.57. The van der Waals surface area contributed by atoms with Gasteiger partial charge in [0.05, 0.1) is 0 Å². The third-order valence-electron chi connectivity index (χ3n) is 1.59. The molecule has 6 heteroatoms. The van der Waals surface area contributed by atoms with Crippen LogP contribution in [0.5, 0.6) is 0 Å². The van der Waals surface area contributed by atoms with Crippen LogP contribution in [-0.4, -0.2) is 16.6 Å². The molecule has 1 rings (SSSR count). The van der Waals surface area contributed by atoms with Crippen molar-refractivity contribution in [1.29, 1.82) is 0 Å². The summed E-state index contributed by atoms with van der Waals surface area (Å²) >= 11 is 6.47. The van der Waals surface area contributed by atoms with Crippen LogP contribution in [0.15, 0.2) is 27.1 Å². The molecule has 1 N–H and O–H groups in total. The molecule has 0 saturated heterocycles. The Morgan fingerprint density at radius 3 is 2.29 bits per heavy atom. The highest BCUT2D eigenvalue weighted by Gasteiger charge is 2.14. The Hall–Kier alpha value is -0.460. The van der Waals surface area contributed by atoms with Gasteiger partial charge in [0.1, 0.15) is 6.10 Å². The number of benzene rings is 1. The van der Waals surface area contributed by atoms with E-state index in [1.807, 2.05) is 0 Å². The first-order valence-corrected chi connectivity index (χ1v) is 5.33. The Morgan fingerprint density at radius 2 is 1.86 bits per heavy atom. The highest BCUT2D eigenvalue weighted by molar-refractivity contribution is 9.11. The largest absolute Gasteiger partial charge is 0.382 e. The zero-order chi connectivity index (χ0) is 10.7. The molecule has 0 heterocycles. The van der Waals surface area contributed by atoms with Gasteiger partial charge >= 0.3 is 0 Å². The minimum absolute atomic E-state index is 0.483. The highest BCUT2D eigenvalue weighted by Crippen LogP contribution is 2.24. The molecular formula is C8H7Br2NO3. The molecule has 0 fully saturated rings. The summed E-state index contributed by atoms with van der Waals surface area (Å²) in [6, 6.07) is 5.10. The van der Waals surface area contributed by atoms with Crippen LogP contribution in [0.25, 0.3) is 0 Å². The number of hydrogen-bond acceptors (Lipinski definition) is 3. The zero-order valence-corrected chi connectivity index (χ0v) is 10.2. The molecule has 0 bridgehead atoms. The maximum Gasteiger partial charge on any atom is 0.233 e. The molecule has 1 aromatic carbocycles. The third kappa shape index (κ3) is 3.36. The molecule has 1 unspecified atom stereocenters. The van der Waals surface area contributed by atoms with E-state index in [4.69, 9.17) is 0 Å². The van der Waals surface area contributed by atoms with Crippen LogP contribution in [0, 0.1) is 10.1 Å². The van der Waals surface area contributed by atoms with Crippen molar-refractivity contribution in [3.8, 4) is 0 Å². The summed E-state index contributed by atoms with van der Waals surface area (Å²) < 4.78 is 1.54. The van der Waals surface area contributed by atoms with Gasteiger partial charge < -0.3 is 5.11 Å². The Labute approximate surface area is 97.3 Å². The van der Waals surface area contributed by atoms with E-state index in [9.17, 15) is 15.2 Å². The van der Waals surface area contributed by atoms with Crippen molar-refractivity contribution in [2.24, 2.45) is 0 Å². The Balaban J connectivity index is 2.89. The molecule has 0 aromatic heterocycles. The average Bonchev–Trinajstić information content (AvgIpc) is 2.00. The van der Waals surface area contributed by atoms with Crippen molar-refractivity contribution < 1.29 is 10.0 Å². The number of hydrogen-bond donors (Lipinski definition) is 1. The Morgan fingerprint density at radius 1 is 1.36 bits per heavy atom. The predicted molar refractivity (Wildman–Crippen MR) is 58.7 cm³/mol. The van der Waals surface area contributed by atoms with Gasteiger partial charge in [0, 0.05) is 13.9 Å². The summed E-state index contributed by atoms with van der Waals surface area (Å²) in [5.74, 6) is 0. The second-order valence-electron chi connectivity index (χ2n) is 2.73. The summed E-state index contributed by atoms with van der Waals surface area (Å²) in [7, 11) is 0. The number of aliphatic hydroxyl groups is 1.